The fourth-order valence-electron chi connectivity index (χ4n) is 3.97. The summed E-state index contributed by atoms with van der Waals surface area (Å²) in [7, 11) is 0. The number of nitrogens with two attached hydrogens (primary N) is 1. The van der Waals surface area contributed by atoms with Gasteiger partial charge in [-0.25, -0.2) is 0 Å². The van der Waals surface area contributed by atoms with Crippen LogP contribution in [-0.4, -0.2) is 29.9 Å². The molecule has 0 atom stereocenters. The molecule has 2 rings (SSSR count). The van der Waals surface area contributed by atoms with Gasteiger partial charge in [-0.15, -0.1) is 0 Å². The zero-order valence-corrected chi connectivity index (χ0v) is 14.0. The highest BCUT2D eigenvalue weighted by molar-refractivity contribution is 5.79. The van der Waals surface area contributed by atoms with Crippen LogP contribution in [0.4, 0.5) is 0 Å². The number of hydrogen-bond acceptors (Lipinski definition) is 2. The number of nitrogens with zero attached hydrogens (tertiary/aromatic N) is 1. The van der Waals surface area contributed by atoms with Gasteiger partial charge in [-0.2, -0.15) is 0 Å². The maximum Gasteiger partial charge on any atom is 0.225 e. The number of carbonyl (C=O) groups is 1. The van der Waals surface area contributed by atoms with Gasteiger partial charge in [-0.1, -0.05) is 26.7 Å². The van der Waals surface area contributed by atoms with Gasteiger partial charge >= 0.3 is 0 Å². The molecule has 2 fully saturated rings. The van der Waals surface area contributed by atoms with Crippen LogP contribution in [0, 0.1) is 17.8 Å². The Morgan fingerprint density at radius 3 is 2.24 bits per heavy atom. The second-order valence-electron chi connectivity index (χ2n) is 7.61. The summed E-state index contributed by atoms with van der Waals surface area (Å²) >= 11 is 0. The molecule has 3 nitrogen and oxygen atoms in total. The molecular formula is C18H34N2O. The van der Waals surface area contributed by atoms with Crippen LogP contribution in [0.3, 0.4) is 0 Å². The zero-order valence-electron chi connectivity index (χ0n) is 14.0. The van der Waals surface area contributed by atoms with Crippen molar-refractivity contribution in [1.29, 1.82) is 0 Å². The fourth-order valence-corrected chi connectivity index (χ4v) is 3.97. The predicted molar refractivity (Wildman–Crippen MR) is 87.9 cm³/mol. The van der Waals surface area contributed by atoms with Gasteiger partial charge in [-0.3, -0.25) is 4.79 Å². The van der Waals surface area contributed by atoms with Crippen molar-refractivity contribution < 1.29 is 4.79 Å². The van der Waals surface area contributed by atoms with Crippen LogP contribution in [0.5, 0.6) is 0 Å². The Labute approximate surface area is 130 Å². The average molecular weight is 294 g/mol. The van der Waals surface area contributed by atoms with Crippen molar-refractivity contribution in [1.82, 2.24) is 4.90 Å². The van der Waals surface area contributed by atoms with Crippen LogP contribution in [0.2, 0.25) is 0 Å². The molecule has 0 unspecified atom stereocenters. The van der Waals surface area contributed by atoms with Crippen LogP contribution in [0.1, 0.15) is 71.6 Å². The van der Waals surface area contributed by atoms with Crippen molar-refractivity contribution in [2.24, 2.45) is 23.5 Å². The lowest BCUT2D eigenvalue weighted by Crippen LogP contribution is -2.44. The lowest BCUT2D eigenvalue weighted by atomic mass is 9.81. The van der Waals surface area contributed by atoms with Crippen molar-refractivity contribution in [2.75, 3.05) is 13.1 Å². The minimum Gasteiger partial charge on any atom is -0.339 e. The van der Waals surface area contributed by atoms with Crippen LogP contribution in [0.15, 0.2) is 0 Å². The minimum absolute atomic E-state index is 0.278. The van der Waals surface area contributed by atoms with Gasteiger partial charge in [0.2, 0.25) is 5.91 Å². The molecule has 0 saturated heterocycles. The summed E-state index contributed by atoms with van der Waals surface area (Å²) in [5, 5.41) is 0. The molecule has 0 aromatic heterocycles. The van der Waals surface area contributed by atoms with Gasteiger partial charge in [0, 0.05) is 18.5 Å². The lowest BCUT2D eigenvalue weighted by molar-refractivity contribution is -0.139. The van der Waals surface area contributed by atoms with Crippen LogP contribution < -0.4 is 5.73 Å². The Hall–Kier alpha value is -0.570. The standard InChI is InChI=1S/C18H34N2O/c1-14(2)11-12-20(17-5-3-4-6-17)18(21)16-9-7-15(13-19)8-10-16/h14-17H,3-13,19H2,1-2H3. The Kier molecular flexibility index (Phi) is 6.53. The molecule has 0 spiro atoms. The molecule has 0 aromatic carbocycles. The highest BCUT2D eigenvalue weighted by Crippen LogP contribution is 2.32. The first-order valence-electron chi connectivity index (χ1n) is 9.12. The second kappa shape index (κ2) is 8.17. The highest BCUT2D eigenvalue weighted by atomic mass is 16.2. The van der Waals surface area contributed by atoms with Gasteiger partial charge in [-0.05, 0) is 63.3 Å². The van der Waals surface area contributed by atoms with Gasteiger partial charge in [0.05, 0.1) is 0 Å². The van der Waals surface area contributed by atoms with Gasteiger partial charge in [0.1, 0.15) is 0 Å². The van der Waals surface area contributed by atoms with E-state index in [1.165, 1.54) is 25.7 Å². The van der Waals surface area contributed by atoms with Crippen molar-refractivity contribution in [3.8, 4) is 0 Å². The van der Waals surface area contributed by atoms with E-state index in [0.29, 0.717) is 23.8 Å². The van der Waals surface area contributed by atoms with E-state index >= 15 is 0 Å². The monoisotopic (exact) mass is 294 g/mol. The molecule has 0 heterocycles. The van der Waals surface area contributed by atoms with Crippen molar-refractivity contribution in [3.05, 3.63) is 0 Å². The average Bonchev–Trinajstić information content (AvgIpc) is 3.01. The first kappa shape index (κ1) is 16.8. The van der Waals surface area contributed by atoms with Gasteiger partial charge in [0.25, 0.3) is 0 Å². The molecule has 0 bridgehead atoms. The molecule has 0 radical (unpaired) electrons. The minimum atomic E-state index is 0.278. The summed E-state index contributed by atoms with van der Waals surface area (Å²) in [6.45, 7) is 6.27. The third kappa shape index (κ3) is 4.70. The number of amides is 1. The summed E-state index contributed by atoms with van der Waals surface area (Å²) in [4.78, 5) is 15.3. The molecule has 3 heteroatoms. The fraction of sp³-hybridized carbons (Fsp3) is 0.944. The Morgan fingerprint density at radius 1 is 1.10 bits per heavy atom. The quantitative estimate of drug-likeness (QED) is 0.814. The summed E-state index contributed by atoms with van der Waals surface area (Å²) in [5.74, 6) is 2.07. The number of carbonyl (C=O) groups excluding carboxylic acids is 1. The maximum atomic E-state index is 13.0. The normalized spacial score (nSPS) is 27.2. The van der Waals surface area contributed by atoms with E-state index in [2.05, 4.69) is 18.7 Å². The summed E-state index contributed by atoms with van der Waals surface area (Å²) < 4.78 is 0. The molecule has 2 saturated carbocycles. The molecule has 2 aliphatic rings. The molecule has 2 N–H and O–H groups in total. The van der Waals surface area contributed by atoms with Gasteiger partial charge < -0.3 is 10.6 Å². The molecule has 0 aromatic rings. The number of rotatable bonds is 6. The van der Waals surface area contributed by atoms with E-state index in [-0.39, 0.29) is 5.92 Å². The first-order valence-corrected chi connectivity index (χ1v) is 9.12. The van der Waals surface area contributed by atoms with Crippen molar-refractivity contribution >= 4 is 5.91 Å². The third-order valence-electron chi connectivity index (χ3n) is 5.53. The van der Waals surface area contributed by atoms with Crippen LogP contribution >= 0.6 is 0 Å². The molecule has 1 amide bonds. The van der Waals surface area contributed by atoms with E-state index in [9.17, 15) is 4.79 Å². The second-order valence-corrected chi connectivity index (χ2v) is 7.61. The smallest absolute Gasteiger partial charge is 0.225 e. The van der Waals surface area contributed by atoms with Crippen molar-refractivity contribution in [2.45, 2.75) is 77.7 Å². The van der Waals surface area contributed by atoms with E-state index in [0.717, 1.165) is 45.2 Å². The Bertz CT molecular complexity index is 315. The van der Waals surface area contributed by atoms with E-state index < -0.39 is 0 Å². The van der Waals surface area contributed by atoms with E-state index in [1.54, 1.807) is 0 Å². The summed E-state index contributed by atoms with van der Waals surface area (Å²) in [5.41, 5.74) is 5.77. The Morgan fingerprint density at radius 2 is 1.71 bits per heavy atom. The zero-order chi connectivity index (χ0) is 15.2. The molecule has 2 aliphatic carbocycles. The largest absolute Gasteiger partial charge is 0.339 e. The first-order chi connectivity index (χ1) is 10.1. The lowest BCUT2D eigenvalue weighted by Gasteiger charge is -2.35. The van der Waals surface area contributed by atoms with Crippen LogP contribution in [0.25, 0.3) is 0 Å². The summed E-state index contributed by atoms with van der Waals surface area (Å²) in [6.07, 6.45) is 10.6. The van der Waals surface area contributed by atoms with Crippen molar-refractivity contribution in [3.63, 3.8) is 0 Å². The molecule has 122 valence electrons. The molecule has 0 aliphatic heterocycles. The molecular weight excluding hydrogens is 260 g/mol. The van der Waals surface area contributed by atoms with Crippen LogP contribution in [-0.2, 0) is 4.79 Å². The van der Waals surface area contributed by atoms with Gasteiger partial charge in [0.15, 0.2) is 0 Å². The molecule has 21 heavy (non-hydrogen) atoms. The van der Waals surface area contributed by atoms with E-state index in [4.69, 9.17) is 5.73 Å². The highest BCUT2D eigenvalue weighted by Gasteiger charge is 2.33. The number of hydrogen-bond donors (Lipinski definition) is 1. The Balaban J connectivity index is 1.93. The summed E-state index contributed by atoms with van der Waals surface area (Å²) in [6, 6.07) is 0.531. The predicted octanol–water partition coefficient (Wildman–Crippen LogP) is 3.57. The maximum absolute atomic E-state index is 13.0. The topological polar surface area (TPSA) is 46.3 Å². The SMILES string of the molecule is CC(C)CCN(C(=O)C1CCC(CN)CC1)C1CCCC1. The third-order valence-corrected chi connectivity index (χ3v) is 5.53. The van der Waals surface area contributed by atoms with E-state index in [1.807, 2.05) is 0 Å².